The van der Waals surface area contributed by atoms with E-state index in [1.807, 2.05) is 41.0 Å². The SMILES string of the molecule is O=C(Nc1ccc(F)c(-c2nnc3n2CCCCC3)c1)c1ccc2ccccc2c1. The van der Waals surface area contributed by atoms with Gasteiger partial charge in [0.2, 0.25) is 0 Å². The Kier molecular flexibility index (Phi) is 4.75. The van der Waals surface area contributed by atoms with Crippen LogP contribution in [0.4, 0.5) is 10.1 Å². The number of aromatic nitrogens is 3. The topological polar surface area (TPSA) is 59.8 Å². The second-order valence-corrected chi connectivity index (χ2v) is 7.61. The van der Waals surface area contributed by atoms with Gasteiger partial charge >= 0.3 is 0 Å². The normalized spacial score (nSPS) is 13.6. The molecule has 2 heterocycles. The van der Waals surface area contributed by atoms with E-state index >= 15 is 0 Å². The van der Waals surface area contributed by atoms with Crippen molar-refractivity contribution < 1.29 is 9.18 Å². The van der Waals surface area contributed by atoms with Crippen LogP contribution in [0, 0.1) is 5.82 Å². The summed E-state index contributed by atoms with van der Waals surface area (Å²) < 4.78 is 16.6. The molecule has 30 heavy (non-hydrogen) atoms. The van der Waals surface area contributed by atoms with Crippen molar-refractivity contribution in [2.24, 2.45) is 0 Å². The van der Waals surface area contributed by atoms with Crippen molar-refractivity contribution in [3.05, 3.63) is 77.9 Å². The van der Waals surface area contributed by atoms with Crippen molar-refractivity contribution in [2.75, 3.05) is 5.32 Å². The molecule has 0 radical (unpaired) electrons. The monoisotopic (exact) mass is 400 g/mol. The Morgan fingerprint density at radius 3 is 2.70 bits per heavy atom. The summed E-state index contributed by atoms with van der Waals surface area (Å²) in [6.45, 7) is 0.783. The molecule has 3 aromatic carbocycles. The highest BCUT2D eigenvalue weighted by atomic mass is 19.1. The summed E-state index contributed by atoms with van der Waals surface area (Å²) in [5.41, 5.74) is 1.43. The Balaban J connectivity index is 1.45. The number of nitrogens with zero attached hydrogens (tertiary/aromatic N) is 3. The first-order valence-corrected chi connectivity index (χ1v) is 10.2. The fraction of sp³-hybridized carbons (Fsp3) is 0.208. The predicted octanol–water partition coefficient (Wildman–Crippen LogP) is 5.22. The van der Waals surface area contributed by atoms with Gasteiger partial charge in [-0.25, -0.2) is 4.39 Å². The van der Waals surface area contributed by atoms with E-state index in [4.69, 9.17) is 0 Å². The van der Waals surface area contributed by atoms with E-state index in [2.05, 4.69) is 15.5 Å². The van der Waals surface area contributed by atoms with Gasteiger partial charge in [0.15, 0.2) is 5.82 Å². The number of benzene rings is 3. The number of carbonyl (C=O) groups excluding carboxylic acids is 1. The lowest BCUT2D eigenvalue weighted by atomic mass is 10.1. The third-order valence-electron chi connectivity index (χ3n) is 5.59. The number of hydrogen-bond donors (Lipinski definition) is 1. The van der Waals surface area contributed by atoms with Crippen LogP contribution >= 0.6 is 0 Å². The lowest BCUT2D eigenvalue weighted by molar-refractivity contribution is 0.102. The molecule has 0 bridgehead atoms. The minimum Gasteiger partial charge on any atom is -0.322 e. The largest absolute Gasteiger partial charge is 0.322 e. The zero-order valence-corrected chi connectivity index (χ0v) is 16.4. The molecule has 0 atom stereocenters. The highest BCUT2D eigenvalue weighted by Gasteiger charge is 2.19. The van der Waals surface area contributed by atoms with Gasteiger partial charge in [-0.15, -0.1) is 10.2 Å². The van der Waals surface area contributed by atoms with E-state index in [1.54, 1.807) is 18.2 Å². The molecule has 0 saturated carbocycles. The number of halogens is 1. The molecule has 0 aliphatic carbocycles. The van der Waals surface area contributed by atoms with E-state index in [0.717, 1.165) is 48.8 Å². The molecule has 1 N–H and O–H groups in total. The summed E-state index contributed by atoms with van der Waals surface area (Å²) >= 11 is 0. The summed E-state index contributed by atoms with van der Waals surface area (Å²) in [6.07, 6.45) is 4.08. The highest BCUT2D eigenvalue weighted by molar-refractivity contribution is 6.06. The molecule has 0 unspecified atom stereocenters. The van der Waals surface area contributed by atoms with Gasteiger partial charge in [-0.3, -0.25) is 4.79 Å². The Labute approximate surface area is 173 Å². The molecule has 150 valence electrons. The van der Waals surface area contributed by atoms with E-state index < -0.39 is 0 Å². The van der Waals surface area contributed by atoms with Crippen molar-refractivity contribution in [1.29, 1.82) is 0 Å². The molecule has 1 amide bonds. The Morgan fingerprint density at radius 1 is 0.933 bits per heavy atom. The minimum absolute atomic E-state index is 0.238. The van der Waals surface area contributed by atoms with E-state index in [9.17, 15) is 9.18 Å². The zero-order chi connectivity index (χ0) is 20.5. The van der Waals surface area contributed by atoms with Gasteiger partial charge in [0, 0.05) is 24.2 Å². The van der Waals surface area contributed by atoms with Crippen LogP contribution in [0.25, 0.3) is 22.2 Å². The number of anilines is 1. The number of amides is 1. The lowest BCUT2D eigenvalue weighted by Gasteiger charge is -2.11. The van der Waals surface area contributed by atoms with Crippen molar-refractivity contribution in [2.45, 2.75) is 32.2 Å². The predicted molar refractivity (Wildman–Crippen MR) is 115 cm³/mol. The fourth-order valence-corrected chi connectivity index (χ4v) is 3.99. The third kappa shape index (κ3) is 3.45. The average Bonchev–Trinajstić information content (AvgIpc) is 3.02. The van der Waals surface area contributed by atoms with Gasteiger partial charge in [0.1, 0.15) is 11.6 Å². The van der Waals surface area contributed by atoms with Gasteiger partial charge in [-0.1, -0.05) is 36.8 Å². The fourth-order valence-electron chi connectivity index (χ4n) is 3.99. The molecule has 0 fully saturated rings. The van der Waals surface area contributed by atoms with Gasteiger partial charge in [0.25, 0.3) is 5.91 Å². The summed E-state index contributed by atoms with van der Waals surface area (Å²) in [4.78, 5) is 12.8. The maximum atomic E-state index is 14.6. The number of aryl methyl sites for hydroxylation is 1. The van der Waals surface area contributed by atoms with E-state index in [1.165, 1.54) is 6.07 Å². The number of fused-ring (bicyclic) bond motifs is 2. The van der Waals surface area contributed by atoms with Crippen molar-refractivity contribution >= 4 is 22.4 Å². The summed E-state index contributed by atoms with van der Waals surface area (Å²) in [7, 11) is 0. The smallest absolute Gasteiger partial charge is 0.255 e. The van der Waals surface area contributed by atoms with Crippen LogP contribution in [0.5, 0.6) is 0 Å². The number of rotatable bonds is 3. The van der Waals surface area contributed by atoms with Crippen LogP contribution in [0.1, 0.15) is 35.4 Å². The van der Waals surface area contributed by atoms with Crippen molar-refractivity contribution in [1.82, 2.24) is 14.8 Å². The van der Waals surface area contributed by atoms with Crippen LogP contribution in [-0.2, 0) is 13.0 Å². The van der Waals surface area contributed by atoms with Gasteiger partial charge in [-0.2, -0.15) is 0 Å². The molecule has 1 aliphatic rings. The van der Waals surface area contributed by atoms with Gasteiger partial charge in [0.05, 0.1) is 5.56 Å². The lowest BCUT2D eigenvalue weighted by Crippen LogP contribution is -2.12. The maximum absolute atomic E-state index is 14.6. The first-order chi connectivity index (χ1) is 14.7. The molecule has 1 aliphatic heterocycles. The summed E-state index contributed by atoms with van der Waals surface area (Å²) in [6, 6.07) is 18.0. The van der Waals surface area contributed by atoms with Gasteiger partial charge < -0.3 is 9.88 Å². The molecule has 6 heteroatoms. The summed E-state index contributed by atoms with van der Waals surface area (Å²) in [5.74, 6) is 0.801. The summed E-state index contributed by atoms with van der Waals surface area (Å²) in [5, 5.41) is 13.5. The number of carbonyl (C=O) groups is 1. The van der Waals surface area contributed by atoms with Gasteiger partial charge in [-0.05, 0) is 53.9 Å². The maximum Gasteiger partial charge on any atom is 0.255 e. The average molecular weight is 400 g/mol. The highest BCUT2D eigenvalue weighted by Crippen LogP contribution is 2.28. The molecular formula is C24H21FN4O. The molecule has 1 aromatic heterocycles. The Hall–Kier alpha value is -3.54. The molecule has 0 saturated heterocycles. The first-order valence-electron chi connectivity index (χ1n) is 10.2. The van der Waals surface area contributed by atoms with Crippen LogP contribution in [-0.4, -0.2) is 20.7 Å². The second-order valence-electron chi connectivity index (χ2n) is 7.61. The van der Waals surface area contributed by atoms with Crippen LogP contribution in [0.15, 0.2) is 60.7 Å². The van der Waals surface area contributed by atoms with E-state index in [-0.39, 0.29) is 11.7 Å². The van der Waals surface area contributed by atoms with Crippen LogP contribution in [0.2, 0.25) is 0 Å². The van der Waals surface area contributed by atoms with Crippen LogP contribution < -0.4 is 5.32 Å². The first kappa shape index (κ1) is 18.5. The molecular weight excluding hydrogens is 379 g/mol. The van der Waals surface area contributed by atoms with E-state index in [0.29, 0.717) is 22.6 Å². The third-order valence-corrected chi connectivity index (χ3v) is 5.59. The Bertz CT molecular complexity index is 1250. The minimum atomic E-state index is -0.377. The number of hydrogen-bond acceptors (Lipinski definition) is 3. The Morgan fingerprint density at radius 2 is 1.80 bits per heavy atom. The molecule has 5 nitrogen and oxygen atoms in total. The molecule has 4 aromatic rings. The molecule has 5 rings (SSSR count). The zero-order valence-electron chi connectivity index (χ0n) is 16.4. The standard InChI is InChI=1S/C24H21FN4O/c25-21-12-11-19(15-20(21)23-28-27-22-8-2-1-5-13-29(22)23)26-24(30)18-10-9-16-6-3-4-7-17(16)14-18/h3-4,6-7,9-12,14-15H,1-2,5,8,13H2,(H,26,30). The van der Waals surface area contributed by atoms with Crippen LogP contribution in [0.3, 0.4) is 0 Å². The molecule has 0 spiro atoms. The second kappa shape index (κ2) is 7.71. The van der Waals surface area contributed by atoms with Crippen molar-refractivity contribution in [3.63, 3.8) is 0 Å². The quantitative estimate of drug-likeness (QED) is 0.513. The van der Waals surface area contributed by atoms with Crippen molar-refractivity contribution in [3.8, 4) is 11.4 Å². The number of nitrogens with one attached hydrogen (secondary N) is 1.